The summed E-state index contributed by atoms with van der Waals surface area (Å²) in [6.07, 6.45) is -0.259. The molecule has 1 rings (SSSR count). The molecule has 0 aliphatic carbocycles. The van der Waals surface area contributed by atoms with Crippen LogP contribution >= 0.6 is 0 Å². The third kappa shape index (κ3) is 4.09. The highest BCUT2D eigenvalue weighted by atomic mass is 16.5. The van der Waals surface area contributed by atoms with Crippen molar-refractivity contribution in [1.82, 2.24) is 10.6 Å². The minimum atomic E-state index is -1.46. The summed E-state index contributed by atoms with van der Waals surface area (Å²) in [5.41, 5.74) is -0.587. The average molecular weight is 274 g/mol. The van der Waals surface area contributed by atoms with E-state index in [1.54, 1.807) is 13.8 Å². The van der Waals surface area contributed by atoms with Crippen LogP contribution in [0.2, 0.25) is 0 Å². The van der Waals surface area contributed by atoms with Gasteiger partial charge >= 0.3 is 18.0 Å². The molecule has 19 heavy (non-hydrogen) atoms. The highest BCUT2D eigenvalue weighted by molar-refractivity contribution is 5.86. The standard InChI is InChI=1S/C11H18N2O6/c1-6-11(2,3-4-19-6)13-10(18)12-7(9(16)17)5-8(14)15/h6-7H,3-5H2,1-2H3,(H,14,15)(H,16,17)(H2,12,13,18). The molecule has 1 aliphatic heterocycles. The summed E-state index contributed by atoms with van der Waals surface area (Å²) in [4.78, 5) is 33.0. The van der Waals surface area contributed by atoms with Crippen LogP contribution < -0.4 is 10.6 Å². The van der Waals surface area contributed by atoms with Crippen molar-refractivity contribution >= 4 is 18.0 Å². The number of rotatable bonds is 5. The van der Waals surface area contributed by atoms with Gasteiger partial charge in [-0.25, -0.2) is 9.59 Å². The molecular formula is C11H18N2O6. The van der Waals surface area contributed by atoms with E-state index in [4.69, 9.17) is 14.9 Å². The van der Waals surface area contributed by atoms with Gasteiger partial charge in [-0.2, -0.15) is 0 Å². The van der Waals surface area contributed by atoms with Gasteiger partial charge in [0.05, 0.1) is 18.1 Å². The highest BCUT2D eigenvalue weighted by Crippen LogP contribution is 2.24. The Kier molecular flexibility index (Phi) is 4.71. The van der Waals surface area contributed by atoms with Gasteiger partial charge in [0.2, 0.25) is 0 Å². The molecule has 0 saturated carbocycles. The maximum absolute atomic E-state index is 11.7. The fourth-order valence-electron chi connectivity index (χ4n) is 1.83. The van der Waals surface area contributed by atoms with Crippen LogP contribution in [0, 0.1) is 0 Å². The lowest BCUT2D eigenvalue weighted by molar-refractivity contribution is -0.145. The molecule has 2 amide bonds. The van der Waals surface area contributed by atoms with Gasteiger partial charge in [-0.05, 0) is 20.3 Å². The maximum Gasteiger partial charge on any atom is 0.326 e. The van der Waals surface area contributed by atoms with Crippen LogP contribution in [0.15, 0.2) is 0 Å². The molecule has 108 valence electrons. The summed E-state index contributed by atoms with van der Waals surface area (Å²) in [6.45, 7) is 4.10. The van der Waals surface area contributed by atoms with Crippen LogP contribution in [-0.4, -0.2) is 52.5 Å². The van der Waals surface area contributed by atoms with E-state index in [0.29, 0.717) is 13.0 Å². The minimum absolute atomic E-state index is 0.194. The van der Waals surface area contributed by atoms with Crippen molar-refractivity contribution in [3.63, 3.8) is 0 Å². The summed E-state index contributed by atoms with van der Waals surface area (Å²) < 4.78 is 5.33. The van der Waals surface area contributed by atoms with Crippen molar-refractivity contribution in [2.45, 2.75) is 44.4 Å². The zero-order chi connectivity index (χ0) is 14.6. The van der Waals surface area contributed by atoms with Gasteiger partial charge in [-0.15, -0.1) is 0 Å². The second kappa shape index (κ2) is 5.87. The average Bonchev–Trinajstić information content (AvgIpc) is 2.57. The topological polar surface area (TPSA) is 125 Å². The second-order valence-electron chi connectivity index (χ2n) is 4.77. The van der Waals surface area contributed by atoms with Crippen LogP contribution in [0.4, 0.5) is 4.79 Å². The first-order chi connectivity index (χ1) is 8.74. The highest BCUT2D eigenvalue weighted by Gasteiger charge is 2.39. The molecule has 8 nitrogen and oxygen atoms in total. The number of nitrogens with one attached hydrogen (secondary N) is 2. The van der Waals surface area contributed by atoms with Crippen molar-refractivity contribution in [1.29, 1.82) is 0 Å². The predicted octanol–water partition coefficient (Wildman–Crippen LogP) is -0.219. The van der Waals surface area contributed by atoms with Crippen molar-refractivity contribution in [3.8, 4) is 0 Å². The number of carbonyl (C=O) groups excluding carboxylic acids is 1. The molecule has 0 bridgehead atoms. The van der Waals surface area contributed by atoms with Crippen LogP contribution in [0.1, 0.15) is 26.7 Å². The van der Waals surface area contributed by atoms with E-state index in [9.17, 15) is 14.4 Å². The fourth-order valence-corrected chi connectivity index (χ4v) is 1.83. The number of carboxylic acids is 2. The number of aliphatic carboxylic acids is 2. The summed E-state index contributed by atoms with van der Waals surface area (Å²) >= 11 is 0. The molecule has 0 aromatic carbocycles. The van der Waals surface area contributed by atoms with E-state index in [0.717, 1.165) is 0 Å². The summed E-state index contributed by atoms with van der Waals surface area (Å²) in [7, 11) is 0. The molecule has 3 atom stereocenters. The summed E-state index contributed by atoms with van der Waals surface area (Å²) in [5, 5.41) is 22.2. The Hall–Kier alpha value is -1.83. The lowest BCUT2D eigenvalue weighted by atomic mass is 9.95. The Labute approximate surface area is 110 Å². The molecule has 1 aliphatic rings. The molecule has 0 aromatic heterocycles. The van der Waals surface area contributed by atoms with Gasteiger partial charge in [0.15, 0.2) is 0 Å². The van der Waals surface area contributed by atoms with Gasteiger partial charge in [-0.3, -0.25) is 4.79 Å². The SMILES string of the molecule is CC1OCCC1(C)NC(=O)NC(CC(=O)O)C(=O)O. The Morgan fingerprint density at radius 1 is 1.42 bits per heavy atom. The second-order valence-corrected chi connectivity index (χ2v) is 4.77. The Bertz CT molecular complexity index is 385. The Morgan fingerprint density at radius 3 is 2.47 bits per heavy atom. The van der Waals surface area contributed by atoms with Crippen molar-refractivity contribution in [2.24, 2.45) is 0 Å². The third-order valence-electron chi connectivity index (χ3n) is 3.27. The van der Waals surface area contributed by atoms with Gasteiger partial charge in [0, 0.05) is 6.61 Å². The van der Waals surface area contributed by atoms with Crippen molar-refractivity contribution in [3.05, 3.63) is 0 Å². The molecule has 0 aromatic rings. The normalized spacial score (nSPS) is 27.6. The number of ether oxygens (including phenoxy) is 1. The summed E-state index contributed by atoms with van der Waals surface area (Å²) in [6, 6.07) is -2.17. The zero-order valence-corrected chi connectivity index (χ0v) is 10.8. The van der Waals surface area contributed by atoms with Crippen LogP contribution in [0.3, 0.4) is 0 Å². The smallest absolute Gasteiger partial charge is 0.326 e. The number of carboxylic acid groups (broad SMARTS) is 2. The van der Waals surface area contributed by atoms with E-state index in [1.165, 1.54) is 0 Å². The molecule has 8 heteroatoms. The molecule has 0 radical (unpaired) electrons. The molecule has 1 heterocycles. The van der Waals surface area contributed by atoms with Crippen molar-refractivity contribution < 1.29 is 29.3 Å². The number of amides is 2. The number of hydrogen-bond donors (Lipinski definition) is 4. The first kappa shape index (κ1) is 15.2. The van der Waals surface area contributed by atoms with Crippen molar-refractivity contribution in [2.75, 3.05) is 6.61 Å². The van der Waals surface area contributed by atoms with E-state index in [1.807, 2.05) is 0 Å². The van der Waals surface area contributed by atoms with Crippen LogP contribution in [-0.2, 0) is 14.3 Å². The number of urea groups is 1. The lowest BCUT2D eigenvalue weighted by Gasteiger charge is -2.29. The minimum Gasteiger partial charge on any atom is -0.481 e. The first-order valence-corrected chi connectivity index (χ1v) is 5.89. The van der Waals surface area contributed by atoms with Crippen LogP contribution in [0.25, 0.3) is 0 Å². The lowest BCUT2D eigenvalue weighted by Crippen LogP contribution is -2.56. The Balaban J connectivity index is 2.58. The van der Waals surface area contributed by atoms with Gasteiger partial charge < -0.3 is 25.6 Å². The Morgan fingerprint density at radius 2 is 2.05 bits per heavy atom. The van der Waals surface area contributed by atoms with E-state index < -0.39 is 36.0 Å². The van der Waals surface area contributed by atoms with Gasteiger partial charge in [0.25, 0.3) is 0 Å². The molecular weight excluding hydrogens is 256 g/mol. The molecule has 1 fully saturated rings. The monoisotopic (exact) mass is 274 g/mol. The van der Waals surface area contributed by atoms with E-state index in [-0.39, 0.29) is 6.10 Å². The van der Waals surface area contributed by atoms with Gasteiger partial charge in [-0.1, -0.05) is 0 Å². The number of hydrogen-bond acceptors (Lipinski definition) is 4. The molecule has 3 unspecified atom stereocenters. The predicted molar refractivity (Wildman–Crippen MR) is 63.8 cm³/mol. The quantitative estimate of drug-likeness (QED) is 0.549. The van der Waals surface area contributed by atoms with E-state index in [2.05, 4.69) is 10.6 Å². The largest absolute Gasteiger partial charge is 0.481 e. The summed E-state index contributed by atoms with van der Waals surface area (Å²) in [5.74, 6) is -2.69. The maximum atomic E-state index is 11.7. The molecule has 4 N–H and O–H groups in total. The molecule has 0 spiro atoms. The zero-order valence-electron chi connectivity index (χ0n) is 10.8. The van der Waals surface area contributed by atoms with Crippen LogP contribution in [0.5, 0.6) is 0 Å². The van der Waals surface area contributed by atoms with E-state index >= 15 is 0 Å². The first-order valence-electron chi connectivity index (χ1n) is 5.89. The third-order valence-corrected chi connectivity index (χ3v) is 3.27. The number of carbonyl (C=O) groups is 3. The molecule has 1 saturated heterocycles. The fraction of sp³-hybridized carbons (Fsp3) is 0.727. The van der Waals surface area contributed by atoms with Gasteiger partial charge in [0.1, 0.15) is 6.04 Å².